The number of hydrogen-bond donors (Lipinski definition) is 0. The molecule has 1 nitrogen and oxygen atoms in total. The monoisotopic (exact) mass is 349 g/mol. The van der Waals surface area contributed by atoms with Gasteiger partial charge in [0.15, 0.2) is 0 Å². The lowest BCUT2D eigenvalue weighted by molar-refractivity contribution is 1.42. The molecule has 0 aliphatic carbocycles. The molecule has 0 fully saturated rings. The van der Waals surface area contributed by atoms with E-state index in [0.717, 1.165) is 16.7 Å². The highest BCUT2D eigenvalue weighted by molar-refractivity contribution is 9.24. The van der Waals surface area contributed by atoms with Crippen molar-refractivity contribution < 1.29 is 0 Å². The van der Waals surface area contributed by atoms with Crippen molar-refractivity contribution in [3.8, 4) is 17.2 Å². The first kappa shape index (κ1) is 12.3. The summed E-state index contributed by atoms with van der Waals surface area (Å²) in [6.45, 7) is 0. The zero-order chi connectivity index (χ0) is 12.3. The van der Waals surface area contributed by atoms with Gasteiger partial charge in [0.2, 0.25) is 0 Å². The zero-order valence-corrected chi connectivity index (χ0v) is 12.1. The van der Waals surface area contributed by atoms with Gasteiger partial charge in [-0.3, -0.25) is 0 Å². The van der Waals surface area contributed by atoms with Crippen molar-refractivity contribution >= 4 is 31.9 Å². The van der Waals surface area contributed by atoms with Crippen molar-refractivity contribution in [3.63, 3.8) is 0 Å². The van der Waals surface area contributed by atoms with E-state index in [1.54, 1.807) is 0 Å². The van der Waals surface area contributed by atoms with Crippen LogP contribution in [0.2, 0.25) is 0 Å². The average Bonchev–Trinajstić information content (AvgIpc) is 2.39. The van der Waals surface area contributed by atoms with E-state index in [9.17, 15) is 0 Å². The predicted octanol–water partition coefficient (Wildman–Crippen LogP) is 5.01. The van der Waals surface area contributed by atoms with Gasteiger partial charge in [-0.2, -0.15) is 5.26 Å². The van der Waals surface area contributed by atoms with Crippen LogP contribution in [0.3, 0.4) is 0 Å². The minimum absolute atomic E-state index is 0.162. The minimum Gasteiger partial charge on any atom is -0.192 e. The number of benzene rings is 2. The van der Waals surface area contributed by atoms with Gasteiger partial charge in [-0.1, -0.05) is 74.3 Å². The number of nitriles is 1. The van der Waals surface area contributed by atoms with E-state index >= 15 is 0 Å². The maximum Gasteiger partial charge on any atom is 0.0998 e. The highest BCUT2D eigenvalue weighted by Gasteiger charge is 2.05. The molecule has 0 spiro atoms. The Bertz CT molecular complexity index is 553. The van der Waals surface area contributed by atoms with Crippen LogP contribution in [0, 0.1) is 11.3 Å². The summed E-state index contributed by atoms with van der Waals surface area (Å²) in [5.41, 5.74) is 3.89. The Kier molecular flexibility index (Phi) is 3.98. The van der Waals surface area contributed by atoms with Crippen LogP contribution in [0.15, 0.2) is 48.5 Å². The van der Waals surface area contributed by atoms with Gasteiger partial charge in [-0.15, -0.1) is 0 Å². The number of rotatable bonds is 2. The van der Waals surface area contributed by atoms with Gasteiger partial charge in [0, 0.05) is 0 Å². The second kappa shape index (κ2) is 5.48. The van der Waals surface area contributed by atoms with Crippen LogP contribution in [0.1, 0.15) is 14.9 Å². The van der Waals surface area contributed by atoms with E-state index in [0.29, 0.717) is 5.56 Å². The Morgan fingerprint density at radius 1 is 0.941 bits per heavy atom. The zero-order valence-electron chi connectivity index (χ0n) is 8.90. The molecule has 17 heavy (non-hydrogen) atoms. The fraction of sp³-hybridized carbons (Fsp3) is 0.0714. The highest BCUT2D eigenvalue weighted by Crippen LogP contribution is 2.31. The van der Waals surface area contributed by atoms with Gasteiger partial charge in [0.05, 0.1) is 15.4 Å². The Morgan fingerprint density at radius 2 is 1.59 bits per heavy atom. The van der Waals surface area contributed by atoms with Gasteiger partial charge in [-0.25, -0.2) is 0 Å². The Labute approximate surface area is 117 Å². The fourth-order valence-corrected chi connectivity index (χ4v) is 2.25. The van der Waals surface area contributed by atoms with Gasteiger partial charge in [0.25, 0.3) is 0 Å². The average molecular weight is 351 g/mol. The Balaban J connectivity index is 2.44. The van der Waals surface area contributed by atoms with Gasteiger partial charge in [0.1, 0.15) is 0 Å². The molecular formula is C14H9Br2N. The molecule has 0 saturated heterocycles. The molecule has 0 radical (unpaired) electrons. The summed E-state index contributed by atoms with van der Waals surface area (Å²) in [5.74, 6) is 0. The first-order valence-electron chi connectivity index (χ1n) is 5.10. The third-order valence-corrected chi connectivity index (χ3v) is 3.58. The Hall–Kier alpha value is -1.11. The molecule has 2 rings (SSSR count). The van der Waals surface area contributed by atoms with Crippen LogP contribution < -0.4 is 0 Å². The second-order valence-corrected chi connectivity index (χ2v) is 6.64. The van der Waals surface area contributed by atoms with Crippen LogP contribution in [0.4, 0.5) is 0 Å². The van der Waals surface area contributed by atoms with Crippen LogP contribution in [0.5, 0.6) is 0 Å². The van der Waals surface area contributed by atoms with E-state index in [1.807, 2.05) is 48.5 Å². The summed E-state index contributed by atoms with van der Waals surface area (Å²) < 4.78 is 0.162. The lowest BCUT2D eigenvalue weighted by atomic mass is 10.00. The molecule has 0 amide bonds. The number of nitrogens with zero attached hydrogens (tertiary/aromatic N) is 1. The van der Waals surface area contributed by atoms with Crippen LogP contribution in [-0.2, 0) is 0 Å². The SMILES string of the molecule is N#Cc1ccccc1-c1ccc(C(Br)Br)cc1. The minimum atomic E-state index is 0.162. The van der Waals surface area contributed by atoms with Crippen molar-refractivity contribution in [2.45, 2.75) is 3.74 Å². The third-order valence-electron chi connectivity index (χ3n) is 2.52. The summed E-state index contributed by atoms with van der Waals surface area (Å²) in [4.78, 5) is 0. The maximum atomic E-state index is 9.06. The summed E-state index contributed by atoms with van der Waals surface area (Å²) in [5, 5.41) is 9.06. The quantitative estimate of drug-likeness (QED) is 0.698. The number of alkyl halides is 2. The lowest BCUT2D eigenvalue weighted by Crippen LogP contribution is -1.85. The summed E-state index contributed by atoms with van der Waals surface area (Å²) in [6, 6.07) is 18.0. The molecule has 84 valence electrons. The van der Waals surface area contributed by atoms with E-state index in [-0.39, 0.29) is 3.74 Å². The molecule has 0 atom stereocenters. The smallest absolute Gasteiger partial charge is 0.0998 e. The third kappa shape index (κ3) is 2.77. The topological polar surface area (TPSA) is 23.8 Å². The number of hydrogen-bond acceptors (Lipinski definition) is 1. The molecule has 0 aliphatic heterocycles. The predicted molar refractivity (Wildman–Crippen MR) is 77.2 cm³/mol. The van der Waals surface area contributed by atoms with Crippen LogP contribution in [-0.4, -0.2) is 0 Å². The van der Waals surface area contributed by atoms with E-state index in [2.05, 4.69) is 37.9 Å². The normalized spacial score (nSPS) is 10.2. The largest absolute Gasteiger partial charge is 0.192 e. The molecule has 0 heterocycles. The van der Waals surface area contributed by atoms with Gasteiger partial charge < -0.3 is 0 Å². The molecular weight excluding hydrogens is 342 g/mol. The van der Waals surface area contributed by atoms with E-state index in [1.165, 1.54) is 0 Å². The summed E-state index contributed by atoms with van der Waals surface area (Å²) >= 11 is 6.91. The molecule has 0 aliphatic rings. The molecule has 0 aromatic heterocycles. The van der Waals surface area contributed by atoms with Crippen molar-refractivity contribution in [2.75, 3.05) is 0 Å². The molecule has 0 bridgehead atoms. The van der Waals surface area contributed by atoms with Crippen molar-refractivity contribution in [3.05, 3.63) is 59.7 Å². The second-order valence-electron chi connectivity index (χ2n) is 3.58. The lowest BCUT2D eigenvalue weighted by Gasteiger charge is -2.06. The van der Waals surface area contributed by atoms with E-state index in [4.69, 9.17) is 5.26 Å². The fourth-order valence-electron chi connectivity index (χ4n) is 1.64. The maximum absolute atomic E-state index is 9.06. The molecule has 0 saturated carbocycles. The summed E-state index contributed by atoms with van der Waals surface area (Å²) in [7, 11) is 0. The van der Waals surface area contributed by atoms with Crippen molar-refractivity contribution in [1.82, 2.24) is 0 Å². The molecule has 0 unspecified atom stereocenters. The van der Waals surface area contributed by atoms with Gasteiger partial charge in [-0.05, 0) is 22.8 Å². The van der Waals surface area contributed by atoms with Crippen molar-refractivity contribution in [1.29, 1.82) is 5.26 Å². The Morgan fingerprint density at radius 3 is 2.18 bits per heavy atom. The van der Waals surface area contributed by atoms with E-state index < -0.39 is 0 Å². The summed E-state index contributed by atoms with van der Waals surface area (Å²) in [6.07, 6.45) is 0. The van der Waals surface area contributed by atoms with Crippen molar-refractivity contribution in [2.24, 2.45) is 0 Å². The molecule has 2 aromatic rings. The first-order chi connectivity index (χ1) is 8.22. The van der Waals surface area contributed by atoms with Crippen LogP contribution in [0.25, 0.3) is 11.1 Å². The number of halogens is 2. The highest BCUT2D eigenvalue weighted by atomic mass is 79.9. The molecule has 3 heteroatoms. The first-order valence-corrected chi connectivity index (χ1v) is 6.93. The molecule has 2 aromatic carbocycles. The molecule has 0 N–H and O–H groups in total. The standard InChI is InChI=1S/C14H9Br2N/c15-14(16)11-7-5-10(6-8-11)13-4-2-1-3-12(13)9-17/h1-8,14H. The van der Waals surface area contributed by atoms with Gasteiger partial charge >= 0.3 is 0 Å². The van der Waals surface area contributed by atoms with Crippen LogP contribution >= 0.6 is 31.9 Å².